The van der Waals surface area contributed by atoms with Gasteiger partial charge in [0.2, 0.25) is 5.88 Å². The Hall–Kier alpha value is -1.32. The SMILES string of the molecule is COCCOc1ncc(CCl)c2ccccc12. The lowest BCUT2D eigenvalue weighted by Crippen LogP contribution is -2.06. The zero-order valence-electron chi connectivity index (χ0n) is 9.65. The molecule has 3 nitrogen and oxygen atoms in total. The molecule has 90 valence electrons. The zero-order valence-corrected chi connectivity index (χ0v) is 10.4. The number of hydrogen-bond donors (Lipinski definition) is 0. The van der Waals surface area contributed by atoms with E-state index in [1.165, 1.54) is 0 Å². The summed E-state index contributed by atoms with van der Waals surface area (Å²) in [4.78, 5) is 4.29. The van der Waals surface area contributed by atoms with Gasteiger partial charge in [-0.25, -0.2) is 4.98 Å². The molecule has 0 N–H and O–H groups in total. The lowest BCUT2D eigenvalue weighted by molar-refractivity contribution is 0.144. The Bertz CT molecular complexity index is 502. The monoisotopic (exact) mass is 251 g/mol. The van der Waals surface area contributed by atoms with Crippen molar-refractivity contribution < 1.29 is 9.47 Å². The van der Waals surface area contributed by atoms with Crippen molar-refractivity contribution >= 4 is 22.4 Å². The van der Waals surface area contributed by atoms with Crippen molar-refractivity contribution in [3.8, 4) is 5.88 Å². The Morgan fingerprint density at radius 3 is 2.65 bits per heavy atom. The molecule has 2 aromatic rings. The maximum Gasteiger partial charge on any atom is 0.221 e. The second kappa shape index (κ2) is 5.84. The molecule has 0 saturated heterocycles. The molecule has 0 aliphatic carbocycles. The van der Waals surface area contributed by atoms with Crippen molar-refractivity contribution in [3.05, 3.63) is 36.0 Å². The number of aromatic nitrogens is 1. The third-order valence-electron chi connectivity index (χ3n) is 2.51. The minimum atomic E-state index is 0.450. The van der Waals surface area contributed by atoms with Gasteiger partial charge in [-0.15, -0.1) is 11.6 Å². The molecule has 2 rings (SSSR count). The highest BCUT2D eigenvalue weighted by Crippen LogP contribution is 2.26. The predicted octanol–water partition coefficient (Wildman–Crippen LogP) is 3.00. The summed E-state index contributed by atoms with van der Waals surface area (Å²) in [5.41, 5.74) is 1.02. The summed E-state index contributed by atoms with van der Waals surface area (Å²) in [5.74, 6) is 1.08. The largest absolute Gasteiger partial charge is 0.475 e. The predicted molar refractivity (Wildman–Crippen MR) is 68.7 cm³/mol. The molecular weight excluding hydrogens is 238 g/mol. The van der Waals surface area contributed by atoms with E-state index in [4.69, 9.17) is 21.1 Å². The van der Waals surface area contributed by atoms with Crippen LogP contribution >= 0.6 is 11.6 Å². The van der Waals surface area contributed by atoms with E-state index in [2.05, 4.69) is 4.98 Å². The summed E-state index contributed by atoms with van der Waals surface area (Å²) in [7, 11) is 1.64. The maximum absolute atomic E-state index is 5.88. The van der Waals surface area contributed by atoms with Crippen molar-refractivity contribution in [2.75, 3.05) is 20.3 Å². The van der Waals surface area contributed by atoms with Crippen LogP contribution in [0.25, 0.3) is 10.8 Å². The summed E-state index contributed by atoms with van der Waals surface area (Å²) in [6.07, 6.45) is 1.76. The first-order valence-corrected chi connectivity index (χ1v) is 5.94. The number of pyridine rings is 1. The van der Waals surface area contributed by atoms with Crippen molar-refractivity contribution in [3.63, 3.8) is 0 Å². The van der Waals surface area contributed by atoms with E-state index in [1.54, 1.807) is 13.3 Å². The van der Waals surface area contributed by atoms with E-state index in [1.807, 2.05) is 24.3 Å². The van der Waals surface area contributed by atoms with Gasteiger partial charge in [0.05, 0.1) is 6.61 Å². The van der Waals surface area contributed by atoms with E-state index in [0.29, 0.717) is 25.0 Å². The molecule has 0 aliphatic heterocycles. The van der Waals surface area contributed by atoms with E-state index in [0.717, 1.165) is 16.3 Å². The van der Waals surface area contributed by atoms with Gasteiger partial charge in [0, 0.05) is 24.6 Å². The first-order valence-electron chi connectivity index (χ1n) is 5.41. The Balaban J connectivity index is 2.37. The van der Waals surface area contributed by atoms with Crippen LogP contribution in [0.3, 0.4) is 0 Å². The first-order chi connectivity index (χ1) is 8.36. The molecule has 0 radical (unpaired) electrons. The van der Waals surface area contributed by atoms with E-state index in [-0.39, 0.29) is 0 Å². The highest BCUT2D eigenvalue weighted by Gasteiger charge is 2.07. The lowest BCUT2D eigenvalue weighted by Gasteiger charge is -2.09. The van der Waals surface area contributed by atoms with Crippen molar-refractivity contribution in [1.29, 1.82) is 0 Å². The van der Waals surface area contributed by atoms with Gasteiger partial charge in [-0.2, -0.15) is 0 Å². The van der Waals surface area contributed by atoms with Gasteiger partial charge in [-0.3, -0.25) is 0 Å². The second-order valence-corrected chi connectivity index (χ2v) is 3.88. The van der Waals surface area contributed by atoms with Gasteiger partial charge >= 0.3 is 0 Å². The number of nitrogens with zero attached hydrogens (tertiary/aromatic N) is 1. The van der Waals surface area contributed by atoms with Gasteiger partial charge < -0.3 is 9.47 Å². The molecule has 0 saturated carbocycles. The Morgan fingerprint density at radius 2 is 1.94 bits per heavy atom. The molecule has 1 aromatic heterocycles. The topological polar surface area (TPSA) is 31.4 Å². The molecule has 0 unspecified atom stereocenters. The first kappa shape index (κ1) is 12.1. The van der Waals surface area contributed by atoms with Crippen molar-refractivity contribution in [2.24, 2.45) is 0 Å². The fourth-order valence-corrected chi connectivity index (χ4v) is 1.88. The van der Waals surface area contributed by atoms with E-state index < -0.39 is 0 Å². The summed E-state index contributed by atoms with van der Waals surface area (Å²) in [6, 6.07) is 7.96. The van der Waals surface area contributed by atoms with Crippen LogP contribution in [0.1, 0.15) is 5.56 Å². The lowest BCUT2D eigenvalue weighted by atomic mass is 10.1. The number of rotatable bonds is 5. The Labute approximate surface area is 105 Å². The van der Waals surface area contributed by atoms with E-state index >= 15 is 0 Å². The van der Waals surface area contributed by atoms with Crippen LogP contribution in [0.4, 0.5) is 0 Å². The molecule has 0 fully saturated rings. The summed E-state index contributed by atoms with van der Waals surface area (Å²) < 4.78 is 10.5. The molecule has 0 aliphatic rings. The summed E-state index contributed by atoms with van der Waals surface area (Å²) in [6.45, 7) is 1.04. The Kier molecular flexibility index (Phi) is 4.18. The number of halogens is 1. The minimum Gasteiger partial charge on any atom is -0.475 e. The molecule has 0 bridgehead atoms. The zero-order chi connectivity index (χ0) is 12.1. The molecule has 4 heteroatoms. The van der Waals surface area contributed by atoms with Crippen LogP contribution in [-0.2, 0) is 10.6 Å². The van der Waals surface area contributed by atoms with Crippen LogP contribution in [0, 0.1) is 0 Å². The minimum absolute atomic E-state index is 0.450. The molecular formula is C13H14ClNO2. The number of alkyl halides is 1. The summed E-state index contributed by atoms with van der Waals surface area (Å²) in [5, 5.41) is 2.08. The average molecular weight is 252 g/mol. The van der Waals surface area contributed by atoms with Crippen LogP contribution in [-0.4, -0.2) is 25.3 Å². The van der Waals surface area contributed by atoms with Gasteiger partial charge in [-0.1, -0.05) is 18.2 Å². The molecule has 0 atom stereocenters. The van der Waals surface area contributed by atoms with Crippen LogP contribution < -0.4 is 4.74 Å². The van der Waals surface area contributed by atoms with Gasteiger partial charge in [0.25, 0.3) is 0 Å². The van der Waals surface area contributed by atoms with Gasteiger partial charge in [-0.05, 0) is 17.0 Å². The third-order valence-corrected chi connectivity index (χ3v) is 2.80. The smallest absolute Gasteiger partial charge is 0.221 e. The van der Waals surface area contributed by atoms with Gasteiger partial charge in [0.1, 0.15) is 6.61 Å². The highest BCUT2D eigenvalue weighted by molar-refractivity contribution is 6.18. The third kappa shape index (κ3) is 2.68. The fourth-order valence-electron chi connectivity index (χ4n) is 1.67. The van der Waals surface area contributed by atoms with Gasteiger partial charge in [0.15, 0.2) is 0 Å². The fraction of sp³-hybridized carbons (Fsp3) is 0.308. The highest BCUT2D eigenvalue weighted by atomic mass is 35.5. The van der Waals surface area contributed by atoms with Crippen LogP contribution in [0.15, 0.2) is 30.5 Å². The maximum atomic E-state index is 5.88. The molecule has 0 amide bonds. The van der Waals surface area contributed by atoms with Crippen molar-refractivity contribution in [2.45, 2.75) is 5.88 Å². The van der Waals surface area contributed by atoms with E-state index in [9.17, 15) is 0 Å². The number of fused-ring (bicyclic) bond motifs is 1. The van der Waals surface area contributed by atoms with Crippen LogP contribution in [0.2, 0.25) is 0 Å². The van der Waals surface area contributed by atoms with Crippen LogP contribution in [0.5, 0.6) is 5.88 Å². The second-order valence-electron chi connectivity index (χ2n) is 3.61. The molecule has 17 heavy (non-hydrogen) atoms. The number of benzene rings is 1. The number of ether oxygens (including phenoxy) is 2. The average Bonchev–Trinajstić information content (AvgIpc) is 2.39. The van der Waals surface area contributed by atoms with Crippen molar-refractivity contribution in [1.82, 2.24) is 4.98 Å². The normalized spacial score (nSPS) is 10.7. The molecule has 1 aromatic carbocycles. The summed E-state index contributed by atoms with van der Waals surface area (Å²) >= 11 is 5.88. The molecule has 1 heterocycles. The molecule has 0 spiro atoms. The quantitative estimate of drug-likeness (QED) is 0.605. The standard InChI is InChI=1S/C13H14ClNO2/c1-16-6-7-17-13-12-5-3-2-4-11(12)10(8-14)9-15-13/h2-5,9H,6-8H2,1H3. The number of methoxy groups -OCH3 is 1. The number of hydrogen-bond acceptors (Lipinski definition) is 3. The Morgan fingerprint density at radius 1 is 1.18 bits per heavy atom.